The first-order chi connectivity index (χ1) is 12.4. The lowest BCUT2D eigenvalue weighted by Crippen LogP contribution is -2.47. The molecule has 1 heterocycles. The van der Waals surface area contributed by atoms with E-state index in [1.807, 2.05) is 6.07 Å². The van der Waals surface area contributed by atoms with Gasteiger partial charge in [-0.15, -0.1) is 0 Å². The fourth-order valence-corrected chi connectivity index (χ4v) is 2.75. The van der Waals surface area contributed by atoms with Crippen LogP contribution < -0.4 is 14.8 Å². The average Bonchev–Trinajstić information content (AvgIpc) is 2.63. The smallest absolute Gasteiger partial charge is 0.267 e. The van der Waals surface area contributed by atoms with Crippen molar-refractivity contribution in [3.8, 4) is 11.5 Å². The first kappa shape index (κ1) is 18.4. The summed E-state index contributed by atoms with van der Waals surface area (Å²) >= 11 is 11.8. The van der Waals surface area contributed by atoms with Gasteiger partial charge in [0.1, 0.15) is 6.61 Å². The summed E-state index contributed by atoms with van der Waals surface area (Å²) in [5.41, 5.74) is 0.497. The molecule has 2 aromatic carbocycles. The molecule has 0 fully saturated rings. The van der Waals surface area contributed by atoms with E-state index in [-0.39, 0.29) is 25.0 Å². The normalized spacial score (nSPS) is 15.3. The van der Waals surface area contributed by atoms with Crippen LogP contribution in [0.4, 0.5) is 5.69 Å². The van der Waals surface area contributed by atoms with Crippen LogP contribution in [-0.4, -0.2) is 43.0 Å². The fraction of sp³-hybridized carbons (Fsp3) is 0.222. The van der Waals surface area contributed by atoms with E-state index < -0.39 is 6.10 Å². The Morgan fingerprint density at radius 1 is 1.15 bits per heavy atom. The van der Waals surface area contributed by atoms with Gasteiger partial charge in [0.05, 0.1) is 16.6 Å². The molecule has 1 unspecified atom stereocenters. The van der Waals surface area contributed by atoms with Crippen LogP contribution in [0.2, 0.25) is 10.0 Å². The highest BCUT2D eigenvalue weighted by Crippen LogP contribution is 2.31. The summed E-state index contributed by atoms with van der Waals surface area (Å²) in [6, 6.07) is 11.9. The number of benzene rings is 2. The van der Waals surface area contributed by atoms with E-state index in [9.17, 15) is 9.59 Å². The quantitative estimate of drug-likeness (QED) is 0.863. The van der Waals surface area contributed by atoms with Crippen LogP contribution in [0.25, 0.3) is 0 Å². The third-order valence-corrected chi connectivity index (χ3v) is 4.48. The molecule has 1 N–H and O–H groups in total. The Labute approximate surface area is 160 Å². The number of rotatable bonds is 4. The number of nitrogens with zero attached hydrogens (tertiary/aromatic N) is 1. The van der Waals surface area contributed by atoms with Gasteiger partial charge in [-0.1, -0.05) is 35.3 Å². The van der Waals surface area contributed by atoms with Crippen LogP contribution in [-0.2, 0) is 9.59 Å². The molecule has 1 aliphatic rings. The van der Waals surface area contributed by atoms with Gasteiger partial charge in [-0.2, -0.15) is 0 Å². The first-order valence-corrected chi connectivity index (χ1v) is 8.58. The van der Waals surface area contributed by atoms with Crippen LogP contribution in [0.3, 0.4) is 0 Å². The topological polar surface area (TPSA) is 67.9 Å². The maximum Gasteiger partial charge on any atom is 0.267 e. The molecule has 0 bridgehead atoms. The number of halogens is 2. The number of hydrogen-bond donors (Lipinski definition) is 1. The number of likely N-dealkylation sites (N-methyl/N-ethyl adjacent to an activating group) is 1. The van der Waals surface area contributed by atoms with Crippen LogP contribution in [0.5, 0.6) is 11.5 Å². The van der Waals surface area contributed by atoms with E-state index in [4.69, 9.17) is 32.7 Å². The number of anilines is 1. The Bertz CT molecular complexity index is 844. The highest BCUT2D eigenvalue weighted by molar-refractivity contribution is 6.42. The van der Waals surface area contributed by atoms with E-state index in [1.165, 1.54) is 11.9 Å². The zero-order valence-corrected chi connectivity index (χ0v) is 15.4. The summed E-state index contributed by atoms with van der Waals surface area (Å²) < 4.78 is 11.2. The fourth-order valence-electron chi connectivity index (χ4n) is 2.45. The molecule has 8 heteroatoms. The Balaban J connectivity index is 1.57. The van der Waals surface area contributed by atoms with Crippen molar-refractivity contribution in [3.63, 3.8) is 0 Å². The molecule has 1 atom stereocenters. The van der Waals surface area contributed by atoms with Crippen LogP contribution in [0, 0.1) is 0 Å². The van der Waals surface area contributed by atoms with Crippen molar-refractivity contribution in [3.05, 3.63) is 52.5 Å². The summed E-state index contributed by atoms with van der Waals surface area (Å²) in [6.07, 6.45) is -0.798. The summed E-state index contributed by atoms with van der Waals surface area (Å²) in [5.74, 6) is 0.391. The van der Waals surface area contributed by atoms with Gasteiger partial charge in [0.25, 0.3) is 5.91 Å². The molecule has 0 aliphatic carbocycles. The molecule has 3 rings (SSSR count). The minimum absolute atomic E-state index is 0.0919. The second kappa shape index (κ2) is 7.85. The third-order valence-electron chi connectivity index (χ3n) is 3.74. The number of amides is 2. The van der Waals surface area contributed by atoms with E-state index in [0.717, 1.165) is 0 Å². The zero-order chi connectivity index (χ0) is 18.7. The molecule has 2 amide bonds. The number of ether oxygens (including phenoxy) is 2. The second-order valence-corrected chi connectivity index (χ2v) is 6.55. The number of hydrogen-bond acceptors (Lipinski definition) is 4. The predicted molar refractivity (Wildman–Crippen MR) is 99.1 cm³/mol. The van der Waals surface area contributed by atoms with Gasteiger partial charge < -0.3 is 19.7 Å². The largest absolute Gasteiger partial charge is 0.485 e. The third kappa shape index (κ3) is 4.20. The maximum atomic E-state index is 12.5. The predicted octanol–water partition coefficient (Wildman–Crippen LogP) is 3.23. The molecule has 0 radical (unpaired) electrons. The highest BCUT2D eigenvalue weighted by Gasteiger charge is 2.30. The Morgan fingerprint density at radius 3 is 2.62 bits per heavy atom. The molecule has 0 saturated heterocycles. The van der Waals surface area contributed by atoms with Crippen molar-refractivity contribution >= 4 is 40.7 Å². The van der Waals surface area contributed by atoms with Crippen LogP contribution in [0.1, 0.15) is 0 Å². The summed E-state index contributed by atoms with van der Waals surface area (Å²) in [4.78, 5) is 25.9. The highest BCUT2D eigenvalue weighted by atomic mass is 35.5. The van der Waals surface area contributed by atoms with Crippen molar-refractivity contribution in [2.24, 2.45) is 0 Å². The van der Waals surface area contributed by atoms with E-state index >= 15 is 0 Å². The van der Waals surface area contributed by atoms with Crippen molar-refractivity contribution in [1.82, 2.24) is 4.90 Å². The molecular formula is C18H16Cl2N2O4. The van der Waals surface area contributed by atoms with Gasteiger partial charge in [0, 0.05) is 12.7 Å². The Hall–Kier alpha value is -2.44. The number of nitrogens with one attached hydrogen (secondary N) is 1. The van der Waals surface area contributed by atoms with Crippen molar-refractivity contribution < 1.29 is 19.1 Å². The molecule has 2 aromatic rings. The van der Waals surface area contributed by atoms with Gasteiger partial charge in [-0.05, 0) is 30.3 Å². The minimum Gasteiger partial charge on any atom is -0.485 e. The van der Waals surface area contributed by atoms with Crippen molar-refractivity contribution in [1.29, 1.82) is 0 Å². The van der Waals surface area contributed by atoms with Gasteiger partial charge in [-0.3, -0.25) is 9.59 Å². The van der Waals surface area contributed by atoms with E-state index in [0.29, 0.717) is 27.2 Å². The summed E-state index contributed by atoms with van der Waals surface area (Å²) in [5, 5.41) is 3.40. The Kier molecular flexibility index (Phi) is 5.54. The van der Waals surface area contributed by atoms with Crippen LogP contribution >= 0.6 is 23.2 Å². The molecule has 0 saturated carbocycles. The SMILES string of the molecule is CN(CC(=O)Nc1ccc(Cl)c(Cl)c1)C(=O)C1COc2ccccc2O1. The average molecular weight is 395 g/mol. The summed E-state index contributed by atoms with van der Waals surface area (Å²) in [7, 11) is 1.53. The summed E-state index contributed by atoms with van der Waals surface area (Å²) in [6.45, 7) is -0.0464. The van der Waals surface area contributed by atoms with Gasteiger partial charge in [0.15, 0.2) is 11.5 Å². The minimum atomic E-state index is -0.798. The monoisotopic (exact) mass is 394 g/mol. The van der Waals surface area contributed by atoms with E-state index in [1.54, 1.807) is 36.4 Å². The van der Waals surface area contributed by atoms with Gasteiger partial charge >= 0.3 is 0 Å². The second-order valence-electron chi connectivity index (χ2n) is 5.74. The lowest BCUT2D eigenvalue weighted by Gasteiger charge is -2.28. The molecule has 136 valence electrons. The molecule has 26 heavy (non-hydrogen) atoms. The number of para-hydroxylation sites is 2. The zero-order valence-electron chi connectivity index (χ0n) is 13.9. The number of carbonyl (C=O) groups excluding carboxylic acids is 2. The van der Waals surface area contributed by atoms with Crippen molar-refractivity contribution in [2.45, 2.75) is 6.10 Å². The Morgan fingerprint density at radius 2 is 1.88 bits per heavy atom. The standard InChI is InChI=1S/C18H16Cl2N2O4/c1-22(9-17(23)21-11-6-7-12(19)13(20)8-11)18(24)16-10-25-14-4-2-3-5-15(14)26-16/h2-8,16H,9-10H2,1H3,(H,21,23). The lowest BCUT2D eigenvalue weighted by atomic mass is 10.2. The van der Waals surface area contributed by atoms with Crippen molar-refractivity contribution in [2.75, 3.05) is 25.5 Å². The number of fused-ring (bicyclic) bond motifs is 1. The first-order valence-electron chi connectivity index (χ1n) is 7.82. The molecule has 6 nitrogen and oxygen atoms in total. The molecule has 0 spiro atoms. The molecule has 1 aliphatic heterocycles. The lowest BCUT2D eigenvalue weighted by molar-refractivity contribution is -0.141. The van der Waals surface area contributed by atoms with E-state index in [2.05, 4.69) is 5.32 Å². The maximum absolute atomic E-state index is 12.5. The van der Waals surface area contributed by atoms with Gasteiger partial charge in [0.2, 0.25) is 12.0 Å². The number of carbonyl (C=O) groups is 2. The molecular weight excluding hydrogens is 379 g/mol. The van der Waals surface area contributed by atoms with Crippen LogP contribution in [0.15, 0.2) is 42.5 Å². The van der Waals surface area contributed by atoms with Gasteiger partial charge in [-0.25, -0.2) is 0 Å². The molecule has 0 aromatic heterocycles.